The van der Waals surface area contributed by atoms with Crippen LogP contribution >= 0.6 is 0 Å². The zero-order valence-electron chi connectivity index (χ0n) is 12.2. The minimum Gasteiger partial charge on any atom is -0.497 e. The first kappa shape index (κ1) is 16.0. The molecule has 1 fully saturated rings. The van der Waals surface area contributed by atoms with Gasteiger partial charge in [0, 0.05) is 0 Å². The Morgan fingerprint density at radius 3 is 2.19 bits per heavy atom. The third-order valence-corrected chi connectivity index (χ3v) is 3.55. The number of benzene rings is 1. The topological polar surface area (TPSA) is 88.4 Å². The normalized spacial score (nSPS) is 32.7. The summed E-state index contributed by atoms with van der Waals surface area (Å²) in [4.78, 5) is 0. The van der Waals surface area contributed by atoms with Gasteiger partial charge in [0.1, 0.15) is 29.8 Å². The number of aliphatic hydroxyl groups excluding tert-OH is 3. The lowest BCUT2D eigenvalue weighted by Crippen LogP contribution is -2.59. The maximum Gasteiger partial charge on any atom is 0.229 e. The van der Waals surface area contributed by atoms with Crippen molar-refractivity contribution in [2.45, 2.75) is 50.5 Å². The first-order valence-electron chi connectivity index (χ1n) is 7.07. The Morgan fingerprint density at radius 2 is 1.62 bits per heavy atom. The quantitative estimate of drug-likeness (QED) is 0.741. The Morgan fingerprint density at radius 1 is 1.00 bits per heavy atom. The van der Waals surface area contributed by atoms with Crippen LogP contribution in [0, 0.1) is 0 Å². The zero-order chi connectivity index (χ0) is 15.4. The molecule has 6 nitrogen and oxygen atoms in total. The number of rotatable bonds is 5. The summed E-state index contributed by atoms with van der Waals surface area (Å²) in [6.45, 7) is 1.95. The fraction of sp³-hybridized carbons (Fsp3) is 0.600. The molecule has 0 bridgehead atoms. The summed E-state index contributed by atoms with van der Waals surface area (Å²) in [5, 5.41) is 29.7. The Kier molecular flexibility index (Phi) is 5.41. The second kappa shape index (κ2) is 7.09. The van der Waals surface area contributed by atoms with Crippen molar-refractivity contribution in [3.8, 4) is 11.5 Å². The van der Waals surface area contributed by atoms with Crippen LogP contribution in [-0.4, -0.2) is 53.1 Å². The minimum atomic E-state index is -1.31. The van der Waals surface area contributed by atoms with Gasteiger partial charge >= 0.3 is 0 Å². The number of ether oxygens (including phenoxy) is 3. The van der Waals surface area contributed by atoms with Crippen molar-refractivity contribution in [2.75, 3.05) is 7.11 Å². The van der Waals surface area contributed by atoms with Gasteiger partial charge in [0.15, 0.2) is 0 Å². The summed E-state index contributed by atoms with van der Waals surface area (Å²) in [6.07, 6.45) is -3.93. The van der Waals surface area contributed by atoms with E-state index in [-0.39, 0.29) is 0 Å². The Hall–Kier alpha value is -1.34. The van der Waals surface area contributed by atoms with E-state index in [0.717, 1.165) is 6.42 Å². The number of methoxy groups -OCH3 is 1. The molecule has 1 aliphatic heterocycles. The van der Waals surface area contributed by atoms with Crippen LogP contribution < -0.4 is 9.47 Å². The Labute approximate surface area is 123 Å². The first-order chi connectivity index (χ1) is 10.1. The summed E-state index contributed by atoms with van der Waals surface area (Å²) in [6, 6.07) is 6.81. The monoisotopic (exact) mass is 298 g/mol. The molecule has 0 unspecified atom stereocenters. The second-order valence-electron chi connectivity index (χ2n) is 5.10. The maximum atomic E-state index is 9.97. The van der Waals surface area contributed by atoms with E-state index < -0.39 is 30.7 Å². The van der Waals surface area contributed by atoms with Crippen LogP contribution in [0.3, 0.4) is 0 Å². The predicted molar refractivity (Wildman–Crippen MR) is 75.2 cm³/mol. The predicted octanol–water partition coefficient (Wildman–Crippen LogP) is 0.682. The maximum absolute atomic E-state index is 9.97. The third kappa shape index (κ3) is 3.65. The molecular weight excluding hydrogens is 276 g/mol. The average molecular weight is 298 g/mol. The van der Waals surface area contributed by atoms with E-state index in [4.69, 9.17) is 14.2 Å². The summed E-state index contributed by atoms with van der Waals surface area (Å²) < 4.78 is 16.2. The Bertz CT molecular complexity index is 434. The molecule has 1 aliphatic rings. The highest BCUT2D eigenvalue weighted by Crippen LogP contribution is 2.27. The summed E-state index contributed by atoms with van der Waals surface area (Å²) >= 11 is 0. The first-order valence-corrected chi connectivity index (χ1v) is 7.07. The van der Waals surface area contributed by atoms with E-state index in [1.54, 1.807) is 31.4 Å². The molecule has 1 aromatic rings. The molecule has 1 saturated heterocycles. The molecule has 0 radical (unpaired) electrons. The molecule has 0 saturated carbocycles. The van der Waals surface area contributed by atoms with Crippen LogP contribution in [0.15, 0.2) is 24.3 Å². The van der Waals surface area contributed by atoms with Gasteiger partial charge in [-0.15, -0.1) is 0 Å². The lowest BCUT2D eigenvalue weighted by molar-refractivity contribution is -0.273. The van der Waals surface area contributed by atoms with Gasteiger partial charge in [-0.25, -0.2) is 0 Å². The molecule has 0 amide bonds. The van der Waals surface area contributed by atoms with Gasteiger partial charge < -0.3 is 29.5 Å². The third-order valence-electron chi connectivity index (χ3n) is 3.55. The molecule has 0 spiro atoms. The van der Waals surface area contributed by atoms with Crippen molar-refractivity contribution in [2.24, 2.45) is 0 Å². The van der Waals surface area contributed by atoms with Gasteiger partial charge in [-0.3, -0.25) is 0 Å². The zero-order valence-corrected chi connectivity index (χ0v) is 12.2. The molecule has 0 aromatic heterocycles. The standard InChI is InChI=1S/C15H22O6/c1-3-4-11-12(16)13(17)14(18)15(21-11)20-10-7-5-9(19-2)6-8-10/h5-8,11-18H,3-4H2,1-2H3/t11-,12-,13+,14+,15+/m1/s1. The average Bonchev–Trinajstić information content (AvgIpc) is 2.51. The summed E-state index contributed by atoms with van der Waals surface area (Å²) in [7, 11) is 1.57. The van der Waals surface area contributed by atoms with Crippen molar-refractivity contribution in [3.63, 3.8) is 0 Å². The van der Waals surface area contributed by atoms with Gasteiger partial charge in [-0.05, 0) is 30.7 Å². The molecule has 1 heterocycles. The van der Waals surface area contributed by atoms with Crippen LogP contribution in [0.4, 0.5) is 0 Å². The highest BCUT2D eigenvalue weighted by atomic mass is 16.7. The molecule has 118 valence electrons. The van der Waals surface area contributed by atoms with Crippen molar-refractivity contribution >= 4 is 0 Å². The van der Waals surface area contributed by atoms with E-state index in [1.165, 1.54) is 0 Å². The number of hydrogen-bond donors (Lipinski definition) is 3. The largest absolute Gasteiger partial charge is 0.497 e. The lowest BCUT2D eigenvalue weighted by atomic mass is 9.96. The van der Waals surface area contributed by atoms with Crippen LogP contribution in [0.25, 0.3) is 0 Å². The Balaban J connectivity index is 2.06. The smallest absolute Gasteiger partial charge is 0.229 e. The van der Waals surface area contributed by atoms with Crippen LogP contribution in [0.1, 0.15) is 19.8 Å². The van der Waals surface area contributed by atoms with Crippen LogP contribution in [0.5, 0.6) is 11.5 Å². The highest BCUT2D eigenvalue weighted by molar-refractivity contribution is 5.31. The molecule has 2 rings (SSSR count). The fourth-order valence-corrected chi connectivity index (χ4v) is 2.33. The lowest BCUT2D eigenvalue weighted by Gasteiger charge is -2.40. The van der Waals surface area contributed by atoms with Crippen molar-refractivity contribution in [3.05, 3.63) is 24.3 Å². The number of hydrogen-bond acceptors (Lipinski definition) is 6. The van der Waals surface area contributed by atoms with Gasteiger partial charge in [-0.1, -0.05) is 13.3 Å². The SMILES string of the molecule is CCC[C@H]1O[C@H](Oc2ccc(OC)cc2)[C@@H](O)[C@@H](O)[C@@H]1O. The molecule has 5 atom stereocenters. The van der Waals surface area contributed by atoms with Gasteiger partial charge in [-0.2, -0.15) is 0 Å². The van der Waals surface area contributed by atoms with E-state index in [2.05, 4.69) is 0 Å². The van der Waals surface area contributed by atoms with E-state index in [9.17, 15) is 15.3 Å². The van der Waals surface area contributed by atoms with Crippen LogP contribution in [-0.2, 0) is 4.74 Å². The van der Waals surface area contributed by atoms with E-state index in [1.807, 2.05) is 6.92 Å². The molecule has 21 heavy (non-hydrogen) atoms. The second-order valence-corrected chi connectivity index (χ2v) is 5.10. The van der Waals surface area contributed by atoms with E-state index in [0.29, 0.717) is 17.9 Å². The molecule has 6 heteroatoms. The molecule has 0 aliphatic carbocycles. The summed E-state index contributed by atoms with van der Waals surface area (Å²) in [5.41, 5.74) is 0. The summed E-state index contributed by atoms with van der Waals surface area (Å²) in [5.74, 6) is 1.17. The van der Waals surface area contributed by atoms with Crippen LogP contribution in [0.2, 0.25) is 0 Å². The minimum absolute atomic E-state index is 0.485. The van der Waals surface area contributed by atoms with E-state index >= 15 is 0 Å². The number of aliphatic hydroxyl groups is 3. The van der Waals surface area contributed by atoms with Gasteiger partial charge in [0.25, 0.3) is 0 Å². The van der Waals surface area contributed by atoms with Crippen molar-refractivity contribution in [1.29, 1.82) is 0 Å². The molecule has 1 aromatic carbocycles. The van der Waals surface area contributed by atoms with Gasteiger partial charge in [0.05, 0.1) is 13.2 Å². The fourth-order valence-electron chi connectivity index (χ4n) is 2.33. The molecular formula is C15H22O6. The van der Waals surface area contributed by atoms with Gasteiger partial charge in [0.2, 0.25) is 6.29 Å². The van der Waals surface area contributed by atoms with Crippen molar-refractivity contribution in [1.82, 2.24) is 0 Å². The van der Waals surface area contributed by atoms with Crippen molar-refractivity contribution < 1.29 is 29.5 Å². The molecule has 3 N–H and O–H groups in total. The highest BCUT2D eigenvalue weighted by Gasteiger charge is 2.44.